The Kier molecular flexibility index (Phi) is 3.82. The summed E-state index contributed by atoms with van der Waals surface area (Å²) in [6.07, 6.45) is 14.0. The second kappa shape index (κ2) is 6.68. The highest BCUT2D eigenvalue weighted by molar-refractivity contribution is 6.08. The molecule has 0 bridgehead atoms. The van der Waals surface area contributed by atoms with Crippen LogP contribution in [0.4, 0.5) is 0 Å². The first-order valence-electron chi connectivity index (χ1n) is 12.0. The summed E-state index contributed by atoms with van der Waals surface area (Å²) in [5.41, 5.74) is 8.56. The maximum absolute atomic E-state index is 2.49. The Morgan fingerprint density at radius 3 is 2.33 bits per heavy atom. The van der Waals surface area contributed by atoms with E-state index < -0.39 is 0 Å². The van der Waals surface area contributed by atoms with E-state index in [4.69, 9.17) is 0 Å². The molecule has 0 fully saturated rings. The summed E-state index contributed by atoms with van der Waals surface area (Å²) in [4.78, 5) is 0. The van der Waals surface area contributed by atoms with Crippen molar-refractivity contribution in [2.45, 2.75) is 19.3 Å². The third kappa shape index (κ3) is 2.58. The van der Waals surface area contributed by atoms with E-state index in [1.54, 1.807) is 0 Å². The third-order valence-electron chi connectivity index (χ3n) is 8.01. The Hall–Kier alpha value is -3.64. The zero-order valence-corrected chi connectivity index (χ0v) is 19.0. The molecular weight excluding hydrogens is 396 g/mol. The fraction of sp³-hybridized carbons (Fsp3) is 0.152. The number of rotatable bonds is 1. The van der Waals surface area contributed by atoms with Crippen LogP contribution in [-0.2, 0) is 5.41 Å². The fourth-order valence-corrected chi connectivity index (χ4v) is 6.32. The third-order valence-corrected chi connectivity index (χ3v) is 8.01. The Morgan fingerprint density at radius 2 is 1.45 bits per heavy atom. The number of allylic oxidation sites excluding steroid dienone is 8. The average Bonchev–Trinajstić information content (AvgIpc) is 3.10. The molecule has 0 aromatic heterocycles. The number of benzene rings is 4. The Morgan fingerprint density at radius 1 is 0.697 bits per heavy atom. The van der Waals surface area contributed by atoms with Crippen molar-refractivity contribution in [3.05, 3.63) is 126 Å². The first-order chi connectivity index (χ1) is 16.1. The molecule has 0 aliphatic heterocycles. The predicted molar refractivity (Wildman–Crippen MR) is 141 cm³/mol. The van der Waals surface area contributed by atoms with Gasteiger partial charge in [0.05, 0.1) is 0 Å². The molecule has 0 saturated carbocycles. The van der Waals surface area contributed by atoms with Gasteiger partial charge in [-0.05, 0) is 67.1 Å². The molecule has 2 unspecified atom stereocenters. The lowest BCUT2D eigenvalue weighted by Crippen LogP contribution is -2.20. The largest absolute Gasteiger partial charge is 0.0767 e. The highest BCUT2D eigenvalue weighted by atomic mass is 14.5. The monoisotopic (exact) mass is 422 g/mol. The van der Waals surface area contributed by atoms with Crippen LogP contribution in [0, 0.1) is 11.8 Å². The van der Waals surface area contributed by atoms with Crippen LogP contribution < -0.4 is 0 Å². The minimum atomic E-state index is -0.0171. The zero-order chi connectivity index (χ0) is 22.2. The quantitative estimate of drug-likeness (QED) is 0.288. The summed E-state index contributed by atoms with van der Waals surface area (Å²) in [5, 5.41) is 5.31. The van der Waals surface area contributed by atoms with Gasteiger partial charge in [-0.25, -0.2) is 0 Å². The van der Waals surface area contributed by atoms with Crippen LogP contribution in [0.2, 0.25) is 0 Å². The van der Waals surface area contributed by atoms with Crippen molar-refractivity contribution in [1.29, 1.82) is 0 Å². The van der Waals surface area contributed by atoms with Gasteiger partial charge in [-0.1, -0.05) is 111 Å². The number of hydrogen-bond donors (Lipinski definition) is 0. The zero-order valence-electron chi connectivity index (χ0n) is 19.0. The van der Waals surface area contributed by atoms with Gasteiger partial charge in [0, 0.05) is 17.3 Å². The standard InChI is InChI=1S/C33H26/c1-33(2)29-18-17-22-10-5-6-12-25(22)31(29)32-27-14-8-7-13-26(27)28(20-30(32)33)24-16-15-21-9-3-4-11-23(21)19-24/h3-20,22,25H,1-2H3. The van der Waals surface area contributed by atoms with Gasteiger partial charge >= 0.3 is 0 Å². The molecule has 33 heavy (non-hydrogen) atoms. The minimum Gasteiger partial charge on any atom is -0.0767 e. The van der Waals surface area contributed by atoms with Gasteiger partial charge in [0.1, 0.15) is 0 Å². The van der Waals surface area contributed by atoms with Crippen molar-refractivity contribution in [3.63, 3.8) is 0 Å². The van der Waals surface area contributed by atoms with Crippen molar-refractivity contribution >= 4 is 27.1 Å². The molecule has 2 atom stereocenters. The maximum atomic E-state index is 2.49. The van der Waals surface area contributed by atoms with Crippen LogP contribution in [0.25, 0.3) is 38.2 Å². The van der Waals surface area contributed by atoms with Crippen LogP contribution in [0.3, 0.4) is 0 Å². The summed E-state index contributed by atoms with van der Waals surface area (Å²) in [5.74, 6) is 0.875. The summed E-state index contributed by atoms with van der Waals surface area (Å²) >= 11 is 0. The SMILES string of the molecule is CC1(C)C2=C(c3c1cc(-c1ccc4ccccc4c1)c1ccccc31)C1C=CC=CC1C=C2. The molecule has 0 amide bonds. The lowest BCUT2D eigenvalue weighted by atomic mass is 9.73. The summed E-state index contributed by atoms with van der Waals surface area (Å²) < 4.78 is 0. The molecule has 0 nitrogen and oxygen atoms in total. The van der Waals surface area contributed by atoms with E-state index in [1.165, 1.54) is 54.9 Å². The summed E-state index contributed by atoms with van der Waals surface area (Å²) in [6, 6.07) is 27.1. The maximum Gasteiger partial charge on any atom is 0.0156 e. The summed E-state index contributed by atoms with van der Waals surface area (Å²) in [7, 11) is 0. The predicted octanol–water partition coefficient (Wildman–Crippen LogP) is 8.63. The Balaban J connectivity index is 1.54. The molecule has 3 aliphatic rings. The van der Waals surface area contributed by atoms with Gasteiger partial charge in [0.25, 0.3) is 0 Å². The second-order valence-corrected chi connectivity index (χ2v) is 10.1. The Bertz CT molecular complexity index is 1590. The molecule has 3 aliphatic carbocycles. The second-order valence-electron chi connectivity index (χ2n) is 10.1. The van der Waals surface area contributed by atoms with E-state index in [0.29, 0.717) is 11.8 Å². The van der Waals surface area contributed by atoms with Crippen LogP contribution in [0.5, 0.6) is 0 Å². The number of fused-ring (bicyclic) bond motifs is 7. The molecule has 0 saturated heterocycles. The molecule has 0 radical (unpaired) electrons. The molecule has 158 valence electrons. The van der Waals surface area contributed by atoms with Crippen molar-refractivity contribution in [2.75, 3.05) is 0 Å². The molecule has 4 aromatic carbocycles. The molecular formula is C33H26. The van der Waals surface area contributed by atoms with E-state index in [1.807, 2.05) is 0 Å². The van der Waals surface area contributed by atoms with Crippen molar-refractivity contribution in [2.24, 2.45) is 11.8 Å². The van der Waals surface area contributed by atoms with Crippen molar-refractivity contribution < 1.29 is 0 Å². The van der Waals surface area contributed by atoms with E-state index in [9.17, 15) is 0 Å². The smallest absolute Gasteiger partial charge is 0.0156 e. The number of hydrogen-bond acceptors (Lipinski definition) is 0. The highest BCUT2D eigenvalue weighted by Crippen LogP contribution is 2.56. The van der Waals surface area contributed by atoms with E-state index in [2.05, 4.69) is 123 Å². The highest BCUT2D eigenvalue weighted by Gasteiger charge is 2.43. The Labute approximate surface area is 195 Å². The van der Waals surface area contributed by atoms with Crippen molar-refractivity contribution in [3.8, 4) is 11.1 Å². The van der Waals surface area contributed by atoms with Crippen LogP contribution in [0.1, 0.15) is 25.0 Å². The average molecular weight is 423 g/mol. The first-order valence-corrected chi connectivity index (χ1v) is 12.0. The van der Waals surface area contributed by atoms with Crippen LogP contribution >= 0.6 is 0 Å². The van der Waals surface area contributed by atoms with Crippen LogP contribution in [-0.4, -0.2) is 0 Å². The van der Waals surface area contributed by atoms with E-state index in [0.717, 1.165) is 0 Å². The van der Waals surface area contributed by atoms with Gasteiger partial charge in [-0.15, -0.1) is 0 Å². The summed E-state index contributed by atoms with van der Waals surface area (Å²) in [6.45, 7) is 4.81. The van der Waals surface area contributed by atoms with Crippen molar-refractivity contribution in [1.82, 2.24) is 0 Å². The molecule has 0 heterocycles. The van der Waals surface area contributed by atoms with Crippen LogP contribution in [0.15, 0.2) is 115 Å². The van der Waals surface area contributed by atoms with E-state index in [-0.39, 0.29) is 5.41 Å². The van der Waals surface area contributed by atoms with E-state index >= 15 is 0 Å². The molecule has 7 rings (SSSR count). The normalized spacial score (nSPS) is 22.0. The minimum absolute atomic E-state index is 0.0171. The lowest BCUT2D eigenvalue weighted by molar-refractivity contribution is 0.628. The van der Waals surface area contributed by atoms with Gasteiger partial charge in [0.15, 0.2) is 0 Å². The van der Waals surface area contributed by atoms with Gasteiger partial charge < -0.3 is 0 Å². The topological polar surface area (TPSA) is 0 Å². The van der Waals surface area contributed by atoms with Gasteiger partial charge in [0.2, 0.25) is 0 Å². The lowest BCUT2D eigenvalue weighted by Gasteiger charge is -2.30. The molecule has 4 aromatic rings. The molecule has 0 heteroatoms. The molecule has 0 spiro atoms. The fourth-order valence-electron chi connectivity index (χ4n) is 6.32. The van der Waals surface area contributed by atoms with Gasteiger partial charge in [-0.3, -0.25) is 0 Å². The first kappa shape index (κ1) is 18.9. The van der Waals surface area contributed by atoms with Gasteiger partial charge in [-0.2, -0.15) is 0 Å². The molecule has 0 N–H and O–H groups in total.